The highest BCUT2D eigenvalue weighted by Gasteiger charge is 2.17. The van der Waals surface area contributed by atoms with E-state index < -0.39 is 5.82 Å². The summed E-state index contributed by atoms with van der Waals surface area (Å²) in [6.45, 7) is 1.99. The van der Waals surface area contributed by atoms with E-state index in [9.17, 15) is 4.39 Å². The normalized spacial score (nSPS) is 12.0. The number of anilines is 2. The van der Waals surface area contributed by atoms with Gasteiger partial charge in [0.25, 0.3) is 0 Å². The first-order valence-electron chi connectivity index (χ1n) is 9.23. The molecule has 1 atom stereocenters. The number of halogens is 2. The third kappa shape index (κ3) is 3.81. The summed E-state index contributed by atoms with van der Waals surface area (Å²) >= 11 is 6.06. The number of aryl methyl sites for hydroxylation is 1. The summed E-state index contributed by atoms with van der Waals surface area (Å²) in [6.07, 6.45) is 1.60. The molecule has 0 aliphatic carbocycles. The third-order valence-corrected chi connectivity index (χ3v) is 5.09. The van der Waals surface area contributed by atoms with Crippen molar-refractivity contribution >= 4 is 23.1 Å². The third-order valence-electron chi connectivity index (χ3n) is 4.76. The Morgan fingerprint density at radius 1 is 1.13 bits per heavy atom. The maximum atomic E-state index is 14.6. The predicted octanol–water partition coefficient (Wildman–Crippen LogP) is 4.49. The molecule has 2 aromatic carbocycles. The van der Waals surface area contributed by atoms with Gasteiger partial charge in [0.15, 0.2) is 5.82 Å². The minimum Gasteiger partial charge on any atom is -0.395 e. The molecule has 7 nitrogen and oxygen atoms in total. The summed E-state index contributed by atoms with van der Waals surface area (Å²) in [7, 11) is 1.64. The monoisotopic (exact) mass is 423 g/mol. The topological polar surface area (TPSA) is 94.5 Å². The number of tetrazole rings is 1. The fraction of sp³-hybridized carbons (Fsp3) is 0.143. The minimum absolute atomic E-state index is 0.0686. The lowest BCUT2D eigenvalue weighted by molar-refractivity contribution is 0.625. The smallest absolute Gasteiger partial charge is 0.208 e. The lowest BCUT2D eigenvalue weighted by atomic mass is 9.96. The molecule has 3 N–H and O–H groups in total. The van der Waals surface area contributed by atoms with Crippen molar-refractivity contribution in [1.82, 2.24) is 25.2 Å². The van der Waals surface area contributed by atoms with Crippen LogP contribution < -0.4 is 11.1 Å². The Morgan fingerprint density at radius 2 is 1.90 bits per heavy atom. The van der Waals surface area contributed by atoms with Gasteiger partial charge in [0.2, 0.25) is 5.82 Å². The van der Waals surface area contributed by atoms with E-state index in [2.05, 4.69) is 25.7 Å². The number of rotatable bonds is 5. The first-order chi connectivity index (χ1) is 14.4. The van der Waals surface area contributed by atoms with Crippen molar-refractivity contribution in [3.05, 3.63) is 71.1 Å². The van der Waals surface area contributed by atoms with Crippen LogP contribution in [-0.4, -0.2) is 25.2 Å². The molecule has 2 heterocycles. The van der Waals surface area contributed by atoms with E-state index in [1.807, 2.05) is 37.3 Å². The highest BCUT2D eigenvalue weighted by molar-refractivity contribution is 6.33. The van der Waals surface area contributed by atoms with Crippen molar-refractivity contribution < 1.29 is 4.39 Å². The molecule has 0 fully saturated rings. The maximum Gasteiger partial charge on any atom is 0.208 e. The molecule has 0 spiro atoms. The number of nitrogens with two attached hydrogens (primary N) is 1. The van der Waals surface area contributed by atoms with Gasteiger partial charge in [-0.15, -0.1) is 10.2 Å². The molecule has 0 aliphatic rings. The molecule has 152 valence electrons. The molecule has 0 aliphatic heterocycles. The number of hydrogen-bond donors (Lipinski definition) is 2. The van der Waals surface area contributed by atoms with Crippen LogP contribution in [0, 0.1) is 5.82 Å². The van der Waals surface area contributed by atoms with Crippen LogP contribution in [0.2, 0.25) is 5.02 Å². The van der Waals surface area contributed by atoms with Gasteiger partial charge in [-0.25, -0.2) is 9.37 Å². The van der Waals surface area contributed by atoms with Gasteiger partial charge in [-0.1, -0.05) is 48.0 Å². The molecule has 0 saturated heterocycles. The number of benzene rings is 2. The van der Waals surface area contributed by atoms with Crippen LogP contribution in [0.4, 0.5) is 15.9 Å². The standard InChI is InChI=1S/C21H19ClFN7/c1-12(26-21-19(24)16(22)10-11-25-21)13-6-8-14(9-7-13)15-4-3-5-17(23)18(15)20-27-29-30(2)28-20/h3-12H,24H2,1-2H3,(H,25,26)/t12-/m1/s1. The fourth-order valence-electron chi connectivity index (χ4n) is 3.18. The van der Waals surface area contributed by atoms with Gasteiger partial charge < -0.3 is 11.1 Å². The zero-order chi connectivity index (χ0) is 21.3. The van der Waals surface area contributed by atoms with Crippen molar-refractivity contribution in [1.29, 1.82) is 0 Å². The first-order valence-corrected chi connectivity index (χ1v) is 9.61. The van der Waals surface area contributed by atoms with Gasteiger partial charge in [-0.05, 0) is 41.0 Å². The molecule has 4 rings (SSSR count). The lowest BCUT2D eigenvalue weighted by Gasteiger charge is -2.17. The molecule has 0 radical (unpaired) electrons. The molecule has 4 aromatic rings. The Bertz CT molecular complexity index is 1190. The largest absolute Gasteiger partial charge is 0.395 e. The van der Waals surface area contributed by atoms with Crippen molar-refractivity contribution in [3.8, 4) is 22.5 Å². The zero-order valence-electron chi connectivity index (χ0n) is 16.3. The van der Waals surface area contributed by atoms with Crippen LogP contribution in [0.25, 0.3) is 22.5 Å². The Labute approximate surface area is 177 Å². The van der Waals surface area contributed by atoms with Crippen LogP contribution >= 0.6 is 11.6 Å². The van der Waals surface area contributed by atoms with Crippen molar-refractivity contribution in [3.63, 3.8) is 0 Å². The Kier molecular flexibility index (Phi) is 5.33. The molecular weight excluding hydrogens is 405 g/mol. The SMILES string of the molecule is C[C@@H](Nc1nccc(Cl)c1N)c1ccc(-c2cccc(F)c2-c2nnn(C)n2)cc1. The predicted molar refractivity (Wildman–Crippen MR) is 115 cm³/mol. The van der Waals surface area contributed by atoms with E-state index >= 15 is 0 Å². The second kappa shape index (κ2) is 8.08. The van der Waals surface area contributed by atoms with Crippen LogP contribution in [0.15, 0.2) is 54.7 Å². The minimum atomic E-state index is -0.401. The number of hydrogen-bond acceptors (Lipinski definition) is 6. The van der Waals surface area contributed by atoms with Crippen LogP contribution in [-0.2, 0) is 7.05 Å². The number of pyridine rings is 1. The van der Waals surface area contributed by atoms with E-state index in [-0.39, 0.29) is 11.9 Å². The Balaban J connectivity index is 1.63. The Morgan fingerprint density at radius 3 is 2.60 bits per heavy atom. The summed E-state index contributed by atoms with van der Waals surface area (Å²) in [4.78, 5) is 5.55. The molecule has 9 heteroatoms. The quantitative estimate of drug-likeness (QED) is 0.491. The van der Waals surface area contributed by atoms with Gasteiger partial charge in [0, 0.05) is 6.20 Å². The van der Waals surface area contributed by atoms with E-state index in [1.54, 1.807) is 25.4 Å². The van der Waals surface area contributed by atoms with Crippen molar-refractivity contribution in [2.75, 3.05) is 11.1 Å². The Hall–Kier alpha value is -3.52. The van der Waals surface area contributed by atoms with Crippen LogP contribution in [0.1, 0.15) is 18.5 Å². The summed E-state index contributed by atoms with van der Waals surface area (Å²) in [5.74, 6) is 0.370. The summed E-state index contributed by atoms with van der Waals surface area (Å²) < 4.78 is 14.6. The van der Waals surface area contributed by atoms with E-state index in [0.717, 1.165) is 11.1 Å². The highest BCUT2D eigenvalue weighted by atomic mass is 35.5. The molecule has 0 unspecified atom stereocenters. The van der Waals surface area contributed by atoms with Crippen molar-refractivity contribution in [2.45, 2.75) is 13.0 Å². The number of nitrogens with one attached hydrogen (secondary N) is 1. The van der Waals surface area contributed by atoms with Gasteiger partial charge in [0.1, 0.15) is 5.82 Å². The van der Waals surface area contributed by atoms with E-state index in [1.165, 1.54) is 10.9 Å². The second-order valence-electron chi connectivity index (χ2n) is 6.81. The first kappa shape index (κ1) is 19.8. The van der Waals surface area contributed by atoms with E-state index in [0.29, 0.717) is 27.7 Å². The van der Waals surface area contributed by atoms with Gasteiger partial charge in [-0.2, -0.15) is 4.80 Å². The molecule has 30 heavy (non-hydrogen) atoms. The van der Waals surface area contributed by atoms with Crippen molar-refractivity contribution in [2.24, 2.45) is 7.05 Å². The van der Waals surface area contributed by atoms with Gasteiger partial charge >= 0.3 is 0 Å². The number of nitrogens with zero attached hydrogens (tertiary/aromatic N) is 5. The van der Waals surface area contributed by atoms with Crippen LogP contribution in [0.3, 0.4) is 0 Å². The molecule has 0 saturated carbocycles. The lowest BCUT2D eigenvalue weighted by Crippen LogP contribution is -2.10. The van der Waals surface area contributed by atoms with E-state index in [4.69, 9.17) is 17.3 Å². The summed E-state index contributed by atoms with van der Waals surface area (Å²) in [6, 6.07) is 14.2. The average Bonchev–Trinajstić information content (AvgIpc) is 3.17. The molecule has 0 amide bonds. The number of aromatic nitrogens is 5. The summed E-state index contributed by atoms with van der Waals surface area (Å²) in [5, 5.41) is 15.6. The summed E-state index contributed by atoms with van der Waals surface area (Å²) in [5.41, 5.74) is 9.25. The second-order valence-corrected chi connectivity index (χ2v) is 7.22. The fourth-order valence-corrected chi connectivity index (χ4v) is 3.33. The maximum absolute atomic E-state index is 14.6. The zero-order valence-corrected chi connectivity index (χ0v) is 17.1. The highest BCUT2D eigenvalue weighted by Crippen LogP contribution is 2.33. The van der Waals surface area contributed by atoms with Gasteiger partial charge in [-0.3, -0.25) is 0 Å². The average molecular weight is 424 g/mol. The molecular formula is C21H19ClFN7. The van der Waals surface area contributed by atoms with Crippen LogP contribution in [0.5, 0.6) is 0 Å². The molecule has 0 bridgehead atoms. The number of nitrogen functional groups attached to an aromatic ring is 1. The molecule has 2 aromatic heterocycles. The van der Waals surface area contributed by atoms with Gasteiger partial charge in [0.05, 0.1) is 29.4 Å².